The highest BCUT2D eigenvalue weighted by molar-refractivity contribution is 5.35. The molecule has 1 aliphatic heterocycles. The highest BCUT2D eigenvalue weighted by Gasteiger charge is 2.24. The van der Waals surface area contributed by atoms with Crippen LogP contribution in [-0.2, 0) is 0 Å². The lowest BCUT2D eigenvalue weighted by molar-refractivity contribution is 0.0589. The summed E-state index contributed by atoms with van der Waals surface area (Å²) in [5, 5.41) is 17.2. The molecule has 1 unspecified atom stereocenters. The largest absolute Gasteiger partial charge is 0.491 e. The number of H-pyrrole nitrogens is 1. The smallest absolute Gasteiger partial charge is 0.137 e. The summed E-state index contributed by atoms with van der Waals surface area (Å²) in [5.41, 5.74) is 2.26. The van der Waals surface area contributed by atoms with E-state index in [2.05, 4.69) is 26.1 Å². The minimum Gasteiger partial charge on any atom is -0.491 e. The second-order valence-corrected chi connectivity index (χ2v) is 6.68. The zero-order valence-electron chi connectivity index (χ0n) is 14.4. The number of hydrogen-bond acceptors (Lipinski definition) is 5. The van der Waals surface area contributed by atoms with Crippen molar-refractivity contribution in [1.29, 1.82) is 0 Å². The molecule has 2 heterocycles. The molecule has 0 saturated carbocycles. The Hall–Kier alpha value is -1.92. The summed E-state index contributed by atoms with van der Waals surface area (Å²) in [7, 11) is 0. The second kappa shape index (κ2) is 7.77. The van der Waals surface area contributed by atoms with Crippen LogP contribution in [0.25, 0.3) is 0 Å². The zero-order chi connectivity index (χ0) is 16.9. The first kappa shape index (κ1) is 16.9. The van der Waals surface area contributed by atoms with E-state index in [4.69, 9.17) is 4.74 Å². The van der Waals surface area contributed by atoms with Gasteiger partial charge in [-0.15, -0.1) is 0 Å². The zero-order valence-corrected chi connectivity index (χ0v) is 14.4. The summed E-state index contributed by atoms with van der Waals surface area (Å²) in [4.78, 5) is 6.55. The number of aromatic nitrogens is 3. The van der Waals surface area contributed by atoms with Gasteiger partial charge in [-0.1, -0.05) is 12.1 Å². The number of likely N-dealkylation sites (tertiary alicyclic amines) is 1. The van der Waals surface area contributed by atoms with Crippen LogP contribution in [0.5, 0.6) is 5.75 Å². The Balaban J connectivity index is 1.43. The van der Waals surface area contributed by atoms with Gasteiger partial charge in [-0.2, -0.15) is 5.10 Å². The molecule has 2 N–H and O–H groups in total. The number of rotatable bonds is 6. The number of β-amino-alcohol motifs (C(OH)–C–C–N with tert-alkyl or cyclic N) is 1. The van der Waals surface area contributed by atoms with Crippen LogP contribution in [0.4, 0.5) is 0 Å². The Bertz CT molecular complexity index is 636. The molecular formula is C18H26N4O2. The molecule has 6 nitrogen and oxygen atoms in total. The van der Waals surface area contributed by atoms with Crippen molar-refractivity contribution in [2.45, 2.75) is 38.7 Å². The van der Waals surface area contributed by atoms with Gasteiger partial charge in [0.05, 0.1) is 0 Å². The Morgan fingerprint density at radius 3 is 2.83 bits per heavy atom. The molecule has 1 aromatic carbocycles. The fraction of sp³-hybridized carbons (Fsp3) is 0.556. The molecule has 3 rings (SSSR count). The van der Waals surface area contributed by atoms with Crippen molar-refractivity contribution in [1.82, 2.24) is 20.1 Å². The fourth-order valence-corrected chi connectivity index (χ4v) is 3.20. The Labute approximate surface area is 142 Å². The maximum Gasteiger partial charge on any atom is 0.137 e. The Morgan fingerprint density at radius 2 is 2.12 bits per heavy atom. The number of aryl methyl sites for hydroxylation is 2. The molecule has 1 fully saturated rings. The van der Waals surface area contributed by atoms with E-state index in [0.29, 0.717) is 19.1 Å². The van der Waals surface area contributed by atoms with Crippen LogP contribution in [0.1, 0.15) is 35.7 Å². The number of ether oxygens (including phenoxy) is 1. The lowest BCUT2D eigenvalue weighted by Crippen LogP contribution is -2.40. The van der Waals surface area contributed by atoms with Crippen molar-refractivity contribution >= 4 is 0 Å². The van der Waals surface area contributed by atoms with Crippen molar-refractivity contribution < 1.29 is 9.84 Å². The number of piperidine rings is 1. The van der Waals surface area contributed by atoms with E-state index in [0.717, 1.165) is 43.1 Å². The minimum atomic E-state index is -0.480. The second-order valence-electron chi connectivity index (χ2n) is 6.68. The first-order valence-electron chi connectivity index (χ1n) is 8.57. The van der Waals surface area contributed by atoms with Crippen molar-refractivity contribution in [2.24, 2.45) is 0 Å². The van der Waals surface area contributed by atoms with Gasteiger partial charge in [0.15, 0.2) is 0 Å². The van der Waals surface area contributed by atoms with Crippen molar-refractivity contribution in [3.05, 3.63) is 41.5 Å². The monoisotopic (exact) mass is 330 g/mol. The molecule has 0 amide bonds. The Morgan fingerprint density at radius 1 is 1.33 bits per heavy atom. The van der Waals surface area contributed by atoms with E-state index in [9.17, 15) is 5.11 Å². The van der Waals surface area contributed by atoms with Gasteiger partial charge in [-0.3, -0.25) is 5.10 Å². The lowest BCUT2D eigenvalue weighted by atomic mass is 9.96. The molecule has 130 valence electrons. The van der Waals surface area contributed by atoms with E-state index in [1.807, 2.05) is 26.0 Å². The van der Waals surface area contributed by atoms with Crippen LogP contribution < -0.4 is 4.74 Å². The molecule has 0 aliphatic carbocycles. The molecule has 24 heavy (non-hydrogen) atoms. The summed E-state index contributed by atoms with van der Waals surface area (Å²) in [6.07, 6.45) is 3.17. The summed E-state index contributed by atoms with van der Waals surface area (Å²) < 4.78 is 5.80. The van der Waals surface area contributed by atoms with Crippen molar-refractivity contribution in [3.8, 4) is 5.75 Å². The van der Waals surface area contributed by atoms with Gasteiger partial charge in [-0.05, 0) is 57.0 Å². The number of aliphatic hydroxyl groups excluding tert-OH is 1. The molecule has 1 aromatic heterocycles. The van der Waals surface area contributed by atoms with E-state index >= 15 is 0 Å². The van der Waals surface area contributed by atoms with Gasteiger partial charge >= 0.3 is 0 Å². The summed E-state index contributed by atoms with van der Waals surface area (Å²) >= 11 is 0. The van der Waals surface area contributed by atoms with Crippen LogP contribution >= 0.6 is 0 Å². The molecule has 0 spiro atoms. The molecule has 0 radical (unpaired) electrons. The van der Waals surface area contributed by atoms with Crippen LogP contribution in [0.15, 0.2) is 24.5 Å². The summed E-state index contributed by atoms with van der Waals surface area (Å²) in [5.74, 6) is 2.29. The highest BCUT2D eigenvalue weighted by Crippen LogP contribution is 2.25. The normalized spacial score (nSPS) is 17.8. The number of hydrogen-bond donors (Lipinski definition) is 2. The molecule has 1 aliphatic rings. The maximum atomic E-state index is 10.3. The van der Waals surface area contributed by atoms with Crippen LogP contribution in [0.2, 0.25) is 0 Å². The topological polar surface area (TPSA) is 74.3 Å². The molecule has 1 atom stereocenters. The van der Waals surface area contributed by atoms with Crippen LogP contribution in [0, 0.1) is 13.8 Å². The number of nitrogens with one attached hydrogen (secondary N) is 1. The van der Waals surface area contributed by atoms with E-state index in [1.54, 1.807) is 6.33 Å². The molecule has 6 heteroatoms. The lowest BCUT2D eigenvalue weighted by Gasteiger charge is -2.32. The maximum absolute atomic E-state index is 10.3. The van der Waals surface area contributed by atoms with Crippen molar-refractivity contribution in [2.75, 3.05) is 26.2 Å². The average Bonchev–Trinajstić information content (AvgIpc) is 3.11. The van der Waals surface area contributed by atoms with Gasteiger partial charge < -0.3 is 14.7 Å². The first-order valence-corrected chi connectivity index (χ1v) is 8.57. The fourth-order valence-electron chi connectivity index (χ4n) is 3.20. The van der Waals surface area contributed by atoms with Gasteiger partial charge in [0.2, 0.25) is 0 Å². The SMILES string of the molecule is Cc1ccc(C)c(OCC(O)CN2CCC(c3ncn[nH]3)CC2)c1. The van der Waals surface area contributed by atoms with Gasteiger partial charge in [0, 0.05) is 12.5 Å². The van der Waals surface area contributed by atoms with Crippen LogP contribution in [0.3, 0.4) is 0 Å². The van der Waals surface area contributed by atoms with E-state index in [1.165, 1.54) is 5.56 Å². The molecule has 2 aromatic rings. The van der Waals surface area contributed by atoms with E-state index < -0.39 is 6.10 Å². The third kappa shape index (κ3) is 4.33. The number of aromatic amines is 1. The van der Waals surface area contributed by atoms with Gasteiger partial charge in [0.1, 0.15) is 30.6 Å². The van der Waals surface area contributed by atoms with Crippen LogP contribution in [-0.4, -0.2) is 57.5 Å². The number of aliphatic hydroxyl groups is 1. The standard InChI is InChI=1S/C18H26N4O2/c1-13-3-4-14(2)17(9-13)24-11-16(23)10-22-7-5-15(6-8-22)18-19-12-20-21-18/h3-4,9,12,15-16,23H,5-8,10-11H2,1-2H3,(H,19,20,21). The van der Waals surface area contributed by atoms with Crippen molar-refractivity contribution in [3.63, 3.8) is 0 Å². The molecule has 1 saturated heterocycles. The number of benzene rings is 1. The Kier molecular flexibility index (Phi) is 5.48. The minimum absolute atomic E-state index is 0.326. The molecule has 0 bridgehead atoms. The highest BCUT2D eigenvalue weighted by atomic mass is 16.5. The summed E-state index contributed by atoms with van der Waals surface area (Å²) in [6, 6.07) is 6.13. The predicted molar refractivity (Wildman–Crippen MR) is 92.2 cm³/mol. The third-order valence-corrected chi connectivity index (χ3v) is 4.65. The first-order chi connectivity index (χ1) is 11.6. The summed E-state index contributed by atoms with van der Waals surface area (Å²) in [6.45, 7) is 6.97. The average molecular weight is 330 g/mol. The van der Waals surface area contributed by atoms with E-state index in [-0.39, 0.29) is 0 Å². The predicted octanol–water partition coefficient (Wildman–Crippen LogP) is 2.04. The van der Waals surface area contributed by atoms with Gasteiger partial charge in [0.25, 0.3) is 0 Å². The quantitative estimate of drug-likeness (QED) is 0.848. The third-order valence-electron chi connectivity index (χ3n) is 4.65. The van der Waals surface area contributed by atoms with Gasteiger partial charge in [-0.25, -0.2) is 4.98 Å². The molecular weight excluding hydrogens is 304 g/mol. The number of nitrogens with zero attached hydrogens (tertiary/aromatic N) is 3.